The van der Waals surface area contributed by atoms with Crippen molar-refractivity contribution in [3.05, 3.63) is 101 Å². The number of carbonyl (C=O) groups is 2. The Morgan fingerprint density at radius 3 is 2.46 bits per heavy atom. The molecule has 0 saturated carbocycles. The summed E-state index contributed by atoms with van der Waals surface area (Å²) in [5.41, 5.74) is 1.73. The van der Waals surface area contributed by atoms with E-state index >= 15 is 0 Å². The van der Waals surface area contributed by atoms with Crippen LogP contribution in [-0.2, 0) is 11.3 Å². The molecule has 0 bridgehead atoms. The van der Waals surface area contributed by atoms with E-state index in [1.165, 1.54) is 12.0 Å². The zero-order valence-corrected chi connectivity index (χ0v) is 22.1. The zero-order chi connectivity index (χ0) is 27.7. The van der Waals surface area contributed by atoms with E-state index in [-0.39, 0.29) is 24.0 Å². The molecule has 39 heavy (non-hydrogen) atoms. The molecule has 1 aliphatic rings. The standard InChI is InChI=1S/C31H29NO7/c1-18(2)38-23-12-6-9-20(15-23)27-26(28(33)25-16-21-10-7-13-24(37-4)30(21)39-25)29(34)31(35)32(27)17-19-8-5-11-22(14-19)36-3/h5-16,18,27,34H,17H2,1-4H3. The van der Waals surface area contributed by atoms with Gasteiger partial charge in [-0.2, -0.15) is 0 Å². The van der Waals surface area contributed by atoms with Gasteiger partial charge in [0.1, 0.15) is 11.5 Å². The number of nitrogens with zero attached hydrogens (tertiary/aromatic N) is 1. The first kappa shape index (κ1) is 25.9. The number of fused-ring (bicyclic) bond motifs is 1. The van der Waals surface area contributed by atoms with Gasteiger partial charge < -0.3 is 28.6 Å². The molecule has 1 aliphatic heterocycles. The van der Waals surface area contributed by atoms with E-state index in [4.69, 9.17) is 18.6 Å². The van der Waals surface area contributed by atoms with Crippen LogP contribution in [0.25, 0.3) is 11.0 Å². The fraction of sp³-hybridized carbons (Fsp3) is 0.226. The average Bonchev–Trinajstić information content (AvgIpc) is 3.48. The maximum atomic E-state index is 13.9. The van der Waals surface area contributed by atoms with Crippen molar-refractivity contribution < 1.29 is 33.3 Å². The van der Waals surface area contributed by atoms with Crippen LogP contribution in [0.1, 0.15) is 41.6 Å². The SMILES string of the molecule is COc1cccc(CN2C(=O)C(O)=C(C(=O)c3cc4cccc(OC)c4o3)C2c2cccc(OC(C)C)c2)c1. The summed E-state index contributed by atoms with van der Waals surface area (Å²) < 4.78 is 22.5. The molecule has 4 aromatic rings. The maximum absolute atomic E-state index is 13.9. The molecule has 1 N–H and O–H groups in total. The van der Waals surface area contributed by atoms with Gasteiger partial charge in [-0.3, -0.25) is 9.59 Å². The third-order valence-corrected chi connectivity index (χ3v) is 6.53. The first-order chi connectivity index (χ1) is 18.8. The van der Waals surface area contributed by atoms with E-state index in [1.54, 1.807) is 55.6 Å². The molecule has 0 radical (unpaired) electrons. The third kappa shape index (κ3) is 4.93. The molecular formula is C31H29NO7. The molecule has 0 aliphatic carbocycles. The van der Waals surface area contributed by atoms with Crippen molar-refractivity contribution in [1.82, 2.24) is 4.90 Å². The Hall–Kier alpha value is -4.72. The number of ether oxygens (including phenoxy) is 3. The minimum atomic E-state index is -0.887. The second-order valence-corrected chi connectivity index (χ2v) is 9.51. The summed E-state index contributed by atoms with van der Waals surface area (Å²) in [7, 11) is 3.08. The Morgan fingerprint density at radius 2 is 1.72 bits per heavy atom. The molecule has 200 valence electrons. The maximum Gasteiger partial charge on any atom is 0.290 e. The summed E-state index contributed by atoms with van der Waals surface area (Å²) in [4.78, 5) is 28.9. The molecule has 1 atom stereocenters. The Bertz CT molecular complexity index is 1580. The number of hydrogen-bond acceptors (Lipinski definition) is 7. The van der Waals surface area contributed by atoms with E-state index < -0.39 is 23.5 Å². The fourth-order valence-electron chi connectivity index (χ4n) is 4.83. The summed E-state index contributed by atoms with van der Waals surface area (Å²) in [6, 6.07) is 20.5. The number of aliphatic hydroxyl groups is 1. The number of methoxy groups -OCH3 is 2. The first-order valence-electron chi connectivity index (χ1n) is 12.6. The van der Waals surface area contributed by atoms with E-state index in [1.807, 2.05) is 38.1 Å². The number of ketones is 1. The molecule has 5 rings (SSSR count). The molecule has 3 aromatic carbocycles. The lowest BCUT2D eigenvalue weighted by Gasteiger charge is -2.27. The van der Waals surface area contributed by atoms with Crippen LogP contribution in [-0.4, -0.2) is 42.0 Å². The number of benzene rings is 3. The number of aliphatic hydroxyl groups excluding tert-OH is 1. The smallest absolute Gasteiger partial charge is 0.290 e. The van der Waals surface area contributed by atoms with E-state index in [0.717, 1.165) is 5.56 Å². The van der Waals surface area contributed by atoms with E-state index in [0.29, 0.717) is 33.8 Å². The summed E-state index contributed by atoms with van der Waals surface area (Å²) >= 11 is 0. The predicted molar refractivity (Wildman–Crippen MR) is 145 cm³/mol. The summed E-state index contributed by atoms with van der Waals surface area (Å²) in [5, 5.41) is 11.8. The number of para-hydroxylation sites is 1. The predicted octanol–water partition coefficient (Wildman–Crippen LogP) is 6.02. The Kier molecular flexibility index (Phi) is 7.02. The minimum absolute atomic E-state index is 0.00772. The van der Waals surface area contributed by atoms with Crippen LogP contribution >= 0.6 is 0 Å². The van der Waals surface area contributed by atoms with Crippen molar-refractivity contribution in [3.63, 3.8) is 0 Å². The molecule has 0 saturated heterocycles. The molecule has 1 amide bonds. The minimum Gasteiger partial charge on any atom is -0.503 e. The van der Waals surface area contributed by atoms with Gasteiger partial charge in [-0.1, -0.05) is 36.4 Å². The molecule has 8 nitrogen and oxygen atoms in total. The lowest BCUT2D eigenvalue weighted by atomic mass is 9.94. The highest BCUT2D eigenvalue weighted by Gasteiger charge is 2.44. The molecule has 2 heterocycles. The van der Waals surface area contributed by atoms with Crippen LogP contribution in [0.2, 0.25) is 0 Å². The summed E-state index contributed by atoms with van der Waals surface area (Å²) in [6.45, 7) is 3.96. The highest BCUT2D eigenvalue weighted by molar-refractivity contribution is 6.16. The number of amides is 1. The highest BCUT2D eigenvalue weighted by Crippen LogP contribution is 2.42. The van der Waals surface area contributed by atoms with Crippen LogP contribution in [0.15, 0.2) is 88.5 Å². The summed E-state index contributed by atoms with van der Waals surface area (Å²) in [5.74, 6) is -0.178. The van der Waals surface area contributed by atoms with Crippen LogP contribution in [0.3, 0.4) is 0 Å². The molecular weight excluding hydrogens is 498 g/mol. The Morgan fingerprint density at radius 1 is 0.974 bits per heavy atom. The lowest BCUT2D eigenvalue weighted by Crippen LogP contribution is -2.30. The van der Waals surface area contributed by atoms with Crippen LogP contribution in [0.4, 0.5) is 0 Å². The van der Waals surface area contributed by atoms with Crippen LogP contribution in [0.5, 0.6) is 17.2 Å². The van der Waals surface area contributed by atoms with Gasteiger partial charge in [0.2, 0.25) is 5.78 Å². The van der Waals surface area contributed by atoms with Gasteiger partial charge in [-0.25, -0.2) is 0 Å². The van der Waals surface area contributed by atoms with Gasteiger partial charge in [0.25, 0.3) is 5.91 Å². The monoisotopic (exact) mass is 527 g/mol. The molecule has 8 heteroatoms. The highest BCUT2D eigenvalue weighted by atomic mass is 16.5. The van der Waals surface area contributed by atoms with Gasteiger partial charge in [0, 0.05) is 11.9 Å². The van der Waals surface area contributed by atoms with Crippen molar-refractivity contribution in [3.8, 4) is 17.2 Å². The zero-order valence-electron chi connectivity index (χ0n) is 22.1. The molecule has 0 fully saturated rings. The topological polar surface area (TPSA) is 98.4 Å². The average molecular weight is 528 g/mol. The quantitative estimate of drug-likeness (QED) is 0.266. The van der Waals surface area contributed by atoms with Gasteiger partial charge in [0.05, 0.1) is 31.9 Å². The first-order valence-corrected chi connectivity index (χ1v) is 12.6. The van der Waals surface area contributed by atoms with Gasteiger partial charge in [-0.15, -0.1) is 0 Å². The Labute approximate surface area is 226 Å². The Balaban J connectivity index is 1.61. The number of hydrogen-bond donors (Lipinski definition) is 1. The fourth-order valence-corrected chi connectivity index (χ4v) is 4.83. The molecule has 0 spiro atoms. The normalized spacial score (nSPS) is 15.4. The number of furan rings is 1. The molecule has 1 aromatic heterocycles. The second kappa shape index (κ2) is 10.6. The number of Topliss-reactive ketones (excluding diaryl/α,β-unsaturated/α-hetero) is 1. The van der Waals surface area contributed by atoms with Gasteiger partial charge in [-0.05, 0) is 61.4 Å². The van der Waals surface area contributed by atoms with Gasteiger partial charge >= 0.3 is 0 Å². The third-order valence-electron chi connectivity index (χ3n) is 6.53. The van der Waals surface area contributed by atoms with Crippen molar-refractivity contribution in [2.75, 3.05) is 14.2 Å². The van der Waals surface area contributed by atoms with Crippen molar-refractivity contribution in [2.24, 2.45) is 0 Å². The van der Waals surface area contributed by atoms with Crippen molar-refractivity contribution >= 4 is 22.7 Å². The van der Waals surface area contributed by atoms with E-state index in [9.17, 15) is 14.7 Å². The van der Waals surface area contributed by atoms with Gasteiger partial charge in [0.15, 0.2) is 22.9 Å². The number of rotatable bonds is 9. The number of carbonyl (C=O) groups excluding carboxylic acids is 2. The lowest BCUT2D eigenvalue weighted by molar-refractivity contribution is -0.130. The van der Waals surface area contributed by atoms with Crippen LogP contribution in [0, 0.1) is 0 Å². The van der Waals surface area contributed by atoms with Crippen LogP contribution < -0.4 is 14.2 Å². The van der Waals surface area contributed by atoms with Crippen molar-refractivity contribution in [2.45, 2.75) is 32.5 Å². The summed E-state index contributed by atoms with van der Waals surface area (Å²) in [6.07, 6.45) is -0.0751. The largest absolute Gasteiger partial charge is 0.503 e. The van der Waals surface area contributed by atoms with Crippen molar-refractivity contribution in [1.29, 1.82) is 0 Å². The molecule has 1 unspecified atom stereocenters. The van der Waals surface area contributed by atoms with E-state index in [2.05, 4.69) is 0 Å². The second-order valence-electron chi connectivity index (χ2n) is 9.51.